The molecular weight excluding hydrogens is 292 g/mol. The van der Waals surface area contributed by atoms with Crippen LogP contribution in [0.3, 0.4) is 0 Å². The number of hydrogen-bond acceptors (Lipinski definition) is 6. The van der Waals surface area contributed by atoms with Crippen molar-refractivity contribution in [3.05, 3.63) is 48.1 Å². The third-order valence-electron chi connectivity index (χ3n) is 3.86. The lowest BCUT2D eigenvalue weighted by molar-refractivity contribution is 0.368. The van der Waals surface area contributed by atoms with Crippen molar-refractivity contribution >= 4 is 0 Å². The predicted octanol–water partition coefficient (Wildman–Crippen LogP) is 2.03. The predicted molar refractivity (Wildman–Crippen MR) is 85.5 cm³/mol. The first-order valence-corrected chi connectivity index (χ1v) is 7.56. The largest absolute Gasteiger partial charge is 0.339 e. The molecule has 2 heterocycles. The SMILES string of the molecule is CNC(C)(C)c1cn(CCc2nc(-c3ccccc3)no2)nn1. The van der Waals surface area contributed by atoms with Crippen LogP contribution in [0.25, 0.3) is 11.4 Å². The van der Waals surface area contributed by atoms with E-state index in [1.54, 1.807) is 4.68 Å². The lowest BCUT2D eigenvalue weighted by atomic mass is 10.0. The first-order valence-electron chi connectivity index (χ1n) is 7.56. The molecule has 0 saturated carbocycles. The molecule has 3 aromatic rings. The van der Waals surface area contributed by atoms with E-state index in [-0.39, 0.29) is 5.54 Å². The second-order valence-electron chi connectivity index (χ2n) is 5.87. The minimum Gasteiger partial charge on any atom is -0.339 e. The molecule has 1 N–H and O–H groups in total. The third kappa shape index (κ3) is 3.45. The van der Waals surface area contributed by atoms with Crippen molar-refractivity contribution in [1.29, 1.82) is 0 Å². The monoisotopic (exact) mass is 312 g/mol. The van der Waals surface area contributed by atoms with Crippen molar-refractivity contribution in [3.63, 3.8) is 0 Å². The van der Waals surface area contributed by atoms with Gasteiger partial charge in [-0.05, 0) is 20.9 Å². The summed E-state index contributed by atoms with van der Waals surface area (Å²) in [4.78, 5) is 4.42. The molecule has 7 heteroatoms. The number of aromatic nitrogens is 5. The van der Waals surface area contributed by atoms with Crippen molar-refractivity contribution in [3.8, 4) is 11.4 Å². The van der Waals surface area contributed by atoms with Crippen LogP contribution in [-0.4, -0.2) is 32.2 Å². The zero-order chi connectivity index (χ0) is 16.3. The Morgan fingerprint density at radius 3 is 2.74 bits per heavy atom. The molecule has 3 rings (SSSR count). The summed E-state index contributed by atoms with van der Waals surface area (Å²) in [6.45, 7) is 4.76. The highest BCUT2D eigenvalue weighted by atomic mass is 16.5. The maximum atomic E-state index is 5.30. The summed E-state index contributed by atoms with van der Waals surface area (Å²) >= 11 is 0. The van der Waals surface area contributed by atoms with Gasteiger partial charge in [-0.15, -0.1) is 5.10 Å². The summed E-state index contributed by atoms with van der Waals surface area (Å²) in [6.07, 6.45) is 2.55. The number of hydrogen-bond donors (Lipinski definition) is 1. The fraction of sp³-hybridized carbons (Fsp3) is 0.375. The van der Waals surface area contributed by atoms with Gasteiger partial charge in [0.15, 0.2) is 0 Å². The molecule has 1 aromatic carbocycles. The van der Waals surface area contributed by atoms with Crippen LogP contribution < -0.4 is 5.32 Å². The van der Waals surface area contributed by atoms with Crippen LogP contribution in [0.1, 0.15) is 25.4 Å². The first kappa shape index (κ1) is 15.4. The third-order valence-corrected chi connectivity index (χ3v) is 3.86. The zero-order valence-electron chi connectivity index (χ0n) is 13.5. The highest BCUT2D eigenvalue weighted by Gasteiger charge is 2.21. The number of rotatable bonds is 6. The van der Waals surface area contributed by atoms with Crippen molar-refractivity contribution in [2.45, 2.75) is 32.4 Å². The topological polar surface area (TPSA) is 81.7 Å². The van der Waals surface area contributed by atoms with E-state index in [1.807, 2.05) is 43.6 Å². The Labute approximate surface area is 134 Å². The minimum atomic E-state index is -0.205. The summed E-state index contributed by atoms with van der Waals surface area (Å²) < 4.78 is 7.09. The maximum absolute atomic E-state index is 5.30. The molecule has 0 aliphatic carbocycles. The Balaban J connectivity index is 1.64. The van der Waals surface area contributed by atoms with Gasteiger partial charge >= 0.3 is 0 Å². The van der Waals surface area contributed by atoms with Gasteiger partial charge in [0.05, 0.1) is 18.3 Å². The van der Waals surface area contributed by atoms with Gasteiger partial charge in [-0.3, -0.25) is 4.68 Å². The molecule has 0 amide bonds. The Hall–Kier alpha value is -2.54. The highest BCUT2D eigenvalue weighted by Crippen LogP contribution is 2.17. The van der Waals surface area contributed by atoms with Crippen LogP contribution in [-0.2, 0) is 18.5 Å². The molecule has 0 atom stereocenters. The van der Waals surface area contributed by atoms with Crippen LogP contribution in [0.4, 0.5) is 0 Å². The van der Waals surface area contributed by atoms with Gasteiger partial charge in [0.2, 0.25) is 11.7 Å². The Morgan fingerprint density at radius 1 is 1.22 bits per heavy atom. The van der Waals surface area contributed by atoms with E-state index in [0.717, 1.165) is 11.3 Å². The van der Waals surface area contributed by atoms with Gasteiger partial charge in [0.25, 0.3) is 0 Å². The quantitative estimate of drug-likeness (QED) is 0.750. The van der Waals surface area contributed by atoms with Gasteiger partial charge in [-0.1, -0.05) is 40.7 Å². The molecule has 0 bridgehead atoms. The van der Waals surface area contributed by atoms with Crippen molar-refractivity contribution in [2.75, 3.05) is 7.05 Å². The average Bonchev–Trinajstić information content (AvgIpc) is 3.23. The molecular formula is C16H20N6O. The highest BCUT2D eigenvalue weighted by molar-refractivity contribution is 5.53. The van der Waals surface area contributed by atoms with E-state index in [2.05, 4.69) is 39.6 Å². The Kier molecular flexibility index (Phi) is 4.20. The number of benzene rings is 1. The molecule has 0 saturated heterocycles. The molecule has 0 fully saturated rings. The first-order chi connectivity index (χ1) is 11.1. The molecule has 0 spiro atoms. The number of aryl methyl sites for hydroxylation is 2. The van der Waals surface area contributed by atoms with Crippen molar-refractivity contribution in [2.24, 2.45) is 0 Å². The molecule has 0 unspecified atom stereocenters. The lowest BCUT2D eigenvalue weighted by Gasteiger charge is -2.20. The second kappa shape index (κ2) is 6.29. The fourth-order valence-electron chi connectivity index (χ4n) is 2.09. The van der Waals surface area contributed by atoms with E-state index < -0.39 is 0 Å². The summed E-state index contributed by atoms with van der Waals surface area (Å²) in [5, 5.41) is 15.6. The molecule has 120 valence electrons. The molecule has 0 radical (unpaired) electrons. The molecule has 0 aliphatic rings. The normalized spacial score (nSPS) is 11.8. The maximum Gasteiger partial charge on any atom is 0.228 e. The number of nitrogens with one attached hydrogen (secondary N) is 1. The molecule has 23 heavy (non-hydrogen) atoms. The van der Waals surface area contributed by atoms with E-state index >= 15 is 0 Å². The van der Waals surface area contributed by atoms with Crippen LogP contribution in [0.2, 0.25) is 0 Å². The van der Waals surface area contributed by atoms with Crippen molar-refractivity contribution < 1.29 is 4.52 Å². The molecule has 7 nitrogen and oxygen atoms in total. The van der Waals surface area contributed by atoms with Gasteiger partial charge in [0.1, 0.15) is 5.69 Å². The standard InChI is InChI=1S/C16H20N6O/c1-16(2,17-3)13-11-22(21-19-13)10-9-14-18-15(20-23-14)12-7-5-4-6-8-12/h4-8,11,17H,9-10H2,1-3H3. The smallest absolute Gasteiger partial charge is 0.228 e. The van der Waals surface area contributed by atoms with Gasteiger partial charge in [-0.25, -0.2) is 0 Å². The van der Waals surface area contributed by atoms with E-state index in [9.17, 15) is 0 Å². The molecule has 2 aromatic heterocycles. The summed E-state index contributed by atoms with van der Waals surface area (Å²) in [5.41, 5.74) is 1.64. The van der Waals surface area contributed by atoms with Gasteiger partial charge < -0.3 is 9.84 Å². The van der Waals surface area contributed by atoms with E-state index in [0.29, 0.717) is 24.7 Å². The van der Waals surface area contributed by atoms with Crippen LogP contribution in [0.5, 0.6) is 0 Å². The Bertz CT molecular complexity index is 762. The summed E-state index contributed by atoms with van der Waals surface area (Å²) in [6, 6.07) is 9.77. The van der Waals surface area contributed by atoms with Gasteiger partial charge in [0, 0.05) is 12.0 Å². The number of nitrogens with zero attached hydrogens (tertiary/aromatic N) is 5. The summed E-state index contributed by atoms with van der Waals surface area (Å²) in [5.74, 6) is 1.20. The minimum absolute atomic E-state index is 0.205. The van der Waals surface area contributed by atoms with E-state index in [1.165, 1.54) is 0 Å². The molecule has 0 aliphatic heterocycles. The fourth-order valence-corrected chi connectivity index (χ4v) is 2.09. The average molecular weight is 312 g/mol. The lowest BCUT2D eigenvalue weighted by Crippen LogP contribution is -2.33. The van der Waals surface area contributed by atoms with E-state index in [4.69, 9.17) is 4.52 Å². The Morgan fingerprint density at radius 2 is 2.00 bits per heavy atom. The summed E-state index contributed by atoms with van der Waals surface area (Å²) in [7, 11) is 1.91. The van der Waals surface area contributed by atoms with Crippen LogP contribution >= 0.6 is 0 Å². The van der Waals surface area contributed by atoms with Crippen LogP contribution in [0.15, 0.2) is 41.1 Å². The van der Waals surface area contributed by atoms with Gasteiger partial charge in [-0.2, -0.15) is 4.98 Å². The zero-order valence-corrected chi connectivity index (χ0v) is 13.5. The second-order valence-corrected chi connectivity index (χ2v) is 5.87. The van der Waals surface area contributed by atoms with Crippen LogP contribution in [0, 0.1) is 0 Å². The van der Waals surface area contributed by atoms with Crippen molar-refractivity contribution in [1.82, 2.24) is 30.5 Å².